The van der Waals surface area contributed by atoms with Crippen molar-refractivity contribution in [1.29, 1.82) is 0 Å². The third-order valence-corrected chi connectivity index (χ3v) is 5.23. The average molecular weight is 471 g/mol. The highest BCUT2D eigenvalue weighted by Gasteiger charge is 2.14. The average Bonchev–Trinajstić information content (AvgIpc) is 3.37. The number of ketones is 1. The predicted octanol–water partition coefficient (Wildman–Crippen LogP) is 7.00. The Kier molecular flexibility index (Phi) is 16.2. The molecular formula is C29H46N2O3. The Morgan fingerprint density at radius 2 is 1.56 bits per heavy atom. The number of hydrogen-bond donors (Lipinski definition) is 1. The summed E-state index contributed by atoms with van der Waals surface area (Å²) in [4.78, 5) is 26.5. The summed E-state index contributed by atoms with van der Waals surface area (Å²) in [5.74, 6) is 0.181. The Bertz CT molecular complexity index is 858. The molecule has 34 heavy (non-hydrogen) atoms. The van der Waals surface area contributed by atoms with E-state index >= 15 is 0 Å². The van der Waals surface area contributed by atoms with Crippen LogP contribution in [0.4, 0.5) is 5.69 Å². The Balaban J connectivity index is 0.000000540. The van der Waals surface area contributed by atoms with Gasteiger partial charge in [-0.25, -0.2) is 0 Å². The first-order valence-corrected chi connectivity index (χ1v) is 12.6. The molecule has 0 radical (unpaired) electrons. The summed E-state index contributed by atoms with van der Waals surface area (Å²) in [5, 5.41) is 9.67. The molecule has 1 fully saturated rings. The number of aryl methyl sites for hydroxylation is 1. The van der Waals surface area contributed by atoms with E-state index in [4.69, 9.17) is 0 Å². The maximum Gasteiger partial charge on any atom is 0.222 e. The number of benzene rings is 2. The number of hydrogen-bond acceptors (Lipinski definition) is 4. The Hall–Kier alpha value is -2.82. The first kappa shape index (κ1) is 31.2. The van der Waals surface area contributed by atoms with Gasteiger partial charge in [0.1, 0.15) is 5.75 Å². The molecule has 2 aromatic carbocycles. The quantitative estimate of drug-likeness (QED) is 0.478. The maximum atomic E-state index is 11.4. The molecule has 5 heteroatoms. The van der Waals surface area contributed by atoms with Gasteiger partial charge < -0.3 is 14.9 Å². The minimum atomic E-state index is -0.0968. The molecule has 1 N–H and O–H groups in total. The highest BCUT2D eigenvalue weighted by molar-refractivity contribution is 5.97. The second-order valence-electron chi connectivity index (χ2n) is 8.19. The Morgan fingerprint density at radius 1 is 1.00 bits per heavy atom. The summed E-state index contributed by atoms with van der Waals surface area (Å²) in [6.07, 6.45) is 4.23. The van der Waals surface area contributed by atoms with Gasteiger partial charge in [-0.3, -0.25) is 9.59 Å². The molecule has 2 aromatic rings. The van der Waals surface area contributed by atoms with Crippen LogP contribution in [0.25, 0.3) is 0 Å². The molecule has 190 valence electrons. The molecule has 0 spiro atoms. The van der Waals surface area contributed by atoms with Gasteiger partial charge in [-0.15, -0.1) is 0 Å². The normalized spacial score (nSPS) is 11.7. The van der Waals surface area contributed by atoms with Crippen molar-refractivity contribution in [1.82, 2.24) is 4.90 Å². The Labute approximate surface area is 207 Å². The minimum absolute atomic E-state index is 0.0897. The number of amides is 1. The van der Waals surface area contributed by atoms with E-state index < -0.39 is 0 Å². The highest BCUT2D eigenvalue weighted by atomic mass is 16.3. The zero-order valence-electron chi connectivity index (χ0n) is 22.6. The fourth-order valence-corrected chi connectivity index (χ4v) is 3.39. The van der Waals surface area contributed by atoms with Crippen molar-refractivity contribution in [2.45, 2.75) is 80.7 Å². The molecule has 0 aliphatic carbocycles. The van der Waals surface area contributed by atoms with Crippen molar-refractivity contribution in [3.05, 3.63) is 59.2 Å². The van der Waals surface area contributed by atoms with Gasteiger partial charge >= 0.3 is 0 Å². The molecular weight excluding hydrogens is 424 g/mol. The van der Waals surface area contributed by atoms with Crippen LogP contribution in [0, 0.1) is 6.92 Å². The summed E-state index contributed by atoms with van der Waals surface area (Å²) in [7, 11) is 1.85. The second-order valence-corrected chi connectivity index (χ2v) is 8.19. The molecule has 0 atom stereocenters. The summed E-state index contributed by atoms with van der Waals surface area (Å²) in [5.41, 5.74) is 3.87. The van der Waals surface area contributed by atoms with E-state index in [-0.39, 0.29) is 17.4 Å². The molecule has 0 aromatic heterocycles. The monoisotopic (exact) mass is 470 g/mol. The number of phenols is 1. The largest absolute Gasteiger partial charge is 0.507 e. The molecule has 1 amide bonds. The van der Waals surface area contributed by atoms with Crippen molar-refractivity contribution in [3.63, 3.8) is 0 Å². The smallest absolute Gasteiger partial charge is 0.222 e. The van der Waals surface area contributed by atoms with Crippen LogP contribution >= 0.6 is 0 Å². The van der Waals surface area contributed by atoms with E-state index in [1.807, 2.05) is 46.0 Å². The number of phenolic OH excluding ortho intramolecular Hbond substituents is 1. The lowest BCUT2D eigenvalue weighted by atomic mass is 10.1. The summed E-state index contributed by atoms with van der Waals surface area (Å²) < 4.78 is 0. The number of aromatic hydroxyl groups is 1. The van der Waals surface area contributed by atoms with E-state index in [1.165, 1.54) is 37.3 Å². The van der Waals surface area contributed by atoms with Gasteiger partial charge in [0.05, 0.1) is 5.56 Å². The van der Waals surface area contributed by atoms with Crippen molar-refractivity contribution >= 4 is 17.4 Å². The third kappa shape index (κ3) is 10.9. The summed E-state index contributed by atoms with van der Waals surface area (Å²) >= 11 is 0. The lowest BCUT2D eigenvalue weighted by molar-refractivity contribution is -0.130. The van der Waals surface area contributed by atoms with Gasteiger partial charge in [0.15, 0.2) is 5.78 Å². The van der Waals surface area contributed by atoms with Crippen LogP contribution in [-0.4, -0.2) is 41.8 Å². The zero-order chi connectivity index (χ0) is 26.1. The van der Waals surface area contributed by atoms with Crippen LogP contribution < -0.4 is 4.90 Å². The number of Topliss-reactive ketones (excluding diaryl/α,β-unsaturated/α-hetero) is 1. The van der Waals surface area contributed by atoms with E-state index in [0.29, 0.717) is 18.5 Å². The van der Waals surface area contributed by atoms with Gasteiger partial charge in [0.25, 0.3) is 0 Å². The lowest BCUT2D eigenvalue weighted by Gasteiger charge is -2.18. The molecule has 3 rings (SSSR count). The number of rotatable bonds is 5. The van der Waals surface area contributed by atoms with E-state index in [0.717, 1.165) is 18.8 Å². The van der Waals surface area contributed by atoms with Crippen LogP contribution in [-0.2, 0) is 11.3 Å². The molecule has 5 nitrogen and oxygen atoms in total. The van der Waals surface area contributed by atoms with Crippen LogP contribution in [0.5, 0.6) is 5.75 Å². The number of carbonyl (C=O) groups is 2. The fraction of sp³-hybridized carbons (Fsp3) is 0.517. The minimum Gasteiger partial charge on any atom is -0.507 e. The molecule has 0 bridgehead atoms. The van der Waals surface area contributed by atoms with Crippen molar-refractivity contribution in [3.8, 4) is 5.75 Å². The van der Waals surface area contributed by atoms with Crippen LogP contribution in [0.15, 0.2) is 42.5 Å². The highest BCUT2D eigenvalue weighted by Crippen LogP contribution is 2.27. The van der Waals surface area contributed by atoms with E-state index in [2.05, 4.69) is 37.8 Å². The zero-order valence-corrected chi connectivity index (χ0v) is 22.6. The van der Waals surface area contributed by atoms with E-state index in [1.54, 1.807) is 17.0 Å². The maximum absolute atomic E-state index is 11.4. The van der Waals surface area contributed by atoms with Crippen LogP contribution in [0.2, 0.25) is 0 Å². The van der Waals surface area contributed by atoms with Crippen LogP contribution in [0.3, 0.4) is 0 Å². The van der Waals surface area contributed by atoms with Gasteiger partial charge in [0.2, 0.25) is 5.91 Å². The summed E-state index contributed by atoms with van der Waals surface area (Å²) in [6, 6.07) is 13.4. The lowest BCUT2D eigenvalue weighted by Crippen LogP contribution is -2.25. The topological polar surface area (TPSA) is 60.9 Å². The molecule has 1 aliphatic rings. The third-order valence-electron chi connectivity index (χ3n) is 5.23. The molecule has 1 heterocycles. The fourth-order valence-electron chi connectivity index (χ4n) is 3.39. The SMILES string of the molecule is CC.CC(=O)c1ccc(N2CCCC2)cc1O.CCC.CCC(=O)N(C)Cc1ccccc1C. The van der Waals surface area contributed by atoms with Crippen LogP contribution in [0.1, 0.15) is 88.7 Å². The first-order valence-electron chi connectivity index (χ1n) is 12.6. The van der Waals surface area contributed by atoms with Crippen molar-refractivity contribution in [2.24, 2.45) is 0 Å². The van der Waals surface area contributed by atoms with Gasteiger partial charge in [-0.05, 0) is 49.9 Å². The molecule has 0 unspecified atom stereocenters. The summed E-state index contributed by atoms with van der Waals surface area (Å²) in [6.45, 7) is 16.5. The number of nitrogens with zero attached hydrogens (tertiary/aromatic N) is 2. The van der Waals surface area contributed by atoms with Gasteiger partial charge in [-0.2, -0.15) is 0 Å². The van der Waals surface area contributed by atoms with Gasteiger partial charge in [0, 0.05) is 44.9 Å². The number of carbonyl (C=O) groups excluding carboxylic acids is 2. The first-order chi connectivity index (χ1) is 16.2. The molecule has 0 saturated carbocycles. The number of anilines is 1. The van der Waals surface area contributed by atoms with Crippen molar-refractivity contribution < 1.29 is 14.7 Å². The molecule has 1 saturated heterocycles. The van der Waals surface area contributed by atoms with E-state index in [9.17, 15) is 14.7 Å². The van der Waals surface area contributed by atoms with Crippen molar-refractivity contribution in [2.75, 3.05) is 25.0 Å². The standard InChI is InChI=1S/C12H15NO2.C12H17NO.C3H8.C2H6/c1-9(14)11-5-4-10(8-12(11)15)13-6-2-3-7-13;1-4-12(14)13(3)9-11-8-6-5-7-10(11)2;1-3-2;1-2/h4-5,8,15H,2-3,6-7H2,1H3;5-8H,4,9H2,1-3H3;3H2,1-2H3;1-2H3. The molecule has 1 aliphatic heterocycles. The second kappa shape index (κ2) is 17.6. The Morgan fingerprint density at radius 3 is 2.03 bits per heavy atom. The van der Waals surface area contributed by atoms with Gasteiger partial charge in [-0.1, -0.05) is 65.3 Å². The predicted molar refractivity (Wildman–Crippen MR) is 145 cm³/mol.